The Balaban J connectivity index is 1.41. The molecule has 0 saturated carbocycles. The number of alkyl halides is 3. The van der Waals surface area contributed by atoms with Gasteiger partial charge < -0.3 is 24.4 Å². The van der Waals surface area contributed by atoms with Gasteiger partial charge in [0, 0.05) is 17.8 Å². The van der Waals surface area contributed by atoms with Crippen molar-refractivity contribution in [3.8, 4) is 17.4 Å². The molecule has 3 heterocycles. The van der Waals surface area contributed by atoms with Crippen molar-refractivity contribution in [2.75, 3.05) is 50.1 Å². The standard InChI is InChI=1S/C28H33F3N6O5S/c1-17-5-7-22(36-43(4,38)39)24(13-17)42-25-20(28(29,30)31)15-32-26(34-25)33-21-8-6-18(14-23(21)40-3)27(16-41-27)35-19-9-11-37(2)12-10-19/h5-8,13-15,19,35-36H,9-12,16H2,1-4H3,(H,32,33,34). The van der Waals surface area contributed by atoms with E-state index in [9.17, 15) is 21.6 Å². The van der Waals surface area contributed by atoms with E-state index in [2.05, 4.69) is 37.3 Å². The Kier molecular flexibility index (Phi) is 8.44. The number of sulfonamides is 1. The summed E-state index contributed by atoms with van der Waals surface area (Å²) >= 11 is 0. The van der Waals surface area contributed by atoms with Gasteiger partial charge in [-0.2, -0.15) is 18.2 Å². The van der Waals surface area contributed by atoms with Gasteiger partial charge in [0.15, 0.2) is 11.5 Å². The molecule has 0 radical (unpaired) electrons. The summed E-state index contributed by atoms with van der Waals surface area (Å²) in [7, 11) is -0.170. The summed E-state index contributed by atoms with van der Waals surface area (Å²) in [5.41, 5.74) is -0.0122. The Morgan fingerprint density at radius 3 is 2.42 bits per heavy atom. The van der Waals surface area contributed by atoms with Crippen LogP contribution < -0.4 is 24.8 Å². The van der Waals surface area contributed by atoms with Gasteiger partial charge in [-0.15, -0.1) is 0 Å². The molecule has 2 fully saturated rings. The van der Waals surface area contributed by atoms with Crippen molar-refractivity contribution in [2.24, 2.45) is 0 Å². The molecular formula is C28H33F3N6O5S. The minimum atomic E-state index is -4.85. The lowest BCUT2D eigenvalue weighted by Crippen LogP contribution is -2.45. The molecule has 0 spiro atoms. The molecule has 3 aromatic rings. The predicted octanol–water partition coefficient (Wildman–Crippen LogP) is 4.59. The summed E-state index contributed by atoms with van der Waals surface area (Å²) < 4.78 is 84.6. The van der Waals surface area contributed by atoms with Gasteiger partial charge in [0.1, 0.15) is 11.3 Å². The maximum Gasteiger partial charge on any atom is 0.423 e. The summed E-state index contributed by atoms with van der Waals surface area (Å²) in [6, 6.07) is 10.1. The van der Waals surface area contributed by atoms with Gasteiger partial charge in [-0.3, -0.25) is 10.0 Å². The lowest BCUT2D eigenvalue weighted by molar-refractivity contribution is -0.139. The summed E-state index contributed by atoms with van der Waals surface area (Å²) in [6.07, 6.45) is -1.32. The Hall–Kier alpha value is -3.66. The zero-order valence-corrected chi connectivity index (χ0v) is 24.9. The van der Waals surface area contributed by atoms with Crippen LogP contribution in [0.1, 0.15) is 29.5 Å². The monoisotopic (exact) mass is 622 g/mol. The highest BCUT2D eigenvalue weighted by molar-refractivity contribution is 7.92. The van der Waals surface area contributed by atoms with E-state index in [0.29, 0.717) is 35.8 Å². The average Bonchev–Trinajstić information content (AvgIpc) is 3.71. The summed E-state index contributed by atoms with van der Waals surface area (Å²) in [4.78, 5) is 10.1. The van der Waals surface area contributed by atoms with Crippen LogP contribution >= 0.6 is 0 Å². The number of piperidine rings is 1. The Bertz CT molecular complexity index is 1590. The number of ether oxygens (including phenoxy) is 3. The van der Waals surface area contributed by atoms with Gasteiger partial charge in [-0.1, -0.05) is 12.1 Å². The number of aromatic nitrogens is 2. The number of halogens is 3. The molecule has 1 unspecified atom stereocenters. The molecule has 5 rings (SSSR count). The molecule has 15 heteroatoms. The molecule has 2 saturated heterocycles. The average molecular weight is 623 g/mol. The van der Waals surface area contributed by atoms with E-state index >= 15 is 0 Å². The first-order valence-electron chi connectivity index (χ1n) is 13.5. The van der Waals surface area contributed by atoms with Crippen molar-refractivity contribution in [1.82, 2.24) is 20.2 Å². The SMILES string of the molecule is COc1cc(C2(NC3CCN(C)CC3)CO2)ccc1Nc1ncc(C(F)(F)F)c(Oc2cc(C)ccc2NS(C)(=O)=O)n1. The van der Waals surface area contributed by atoms with Gasteiger partial charge in [-0.05, 0) is 69.7 Å². The Morgan fingerprint density at radius 1 is 1.09 bits per heavy atom. The van der Waals surface area contributed by atoms with Crippen LogP contribution in [-0.4, -0.2) is 69.4 Å². The lowest BCUT2D eigenvalue weighted by atomic mass is 10.0. The van der Waals surface area contributed by atoms with Crippen molar-refractivity contribution in [2.45, 2.75) is 37.7 Å². The molecule has 11 nitrogen and oxygen atoms in total. The molecule has 2 aliphatic heterocycles. The van der Waals surface area contributed by atoms with E-state index in [1.54, 1.807) is 25.1 Å². The van der Waals surface area contributed by atoms with Gasteiger partial charge >= 0.3 is 6.18 Å². The van der Waals surface area contributed by atoms with E-state index in [-0.39, 0.29) is 17.4 Å². The topological polar surface area (TPSA) is 130 Å². The fourth-order valence-corrected chi connectivity index (χ4v) is 5.42. The normalized spacial score (nSPS) is 19.6. The first-order valence-corrected chi connectivity index (χ1v) is 15.4. The third-order valence-corrected chi connectivity index (χ3v) is 7.79. The summed E-state index contributed by atoms with van der Waals surface area (Å²) in [6.45, 7) is 4.19. The number of methoxy groups -OCH3 is 1. The van der Waals surface area contributed by atoms with E-state index in [4.69, 9.17) is 14.2 Å². The molecule has 2 aromatic carbocycles. The van der Waals surface area contributed by atoms with Crippen molar-refractivity contribution in [1.29, 1.82) is 0 Å². The van der Waals surface area contributed by atoms with Crippen LogP contribution in [0.25, 0.3) is 0 Å². The Labute approximate surface area is 247 Å². The molecular weight excluding hydrogens is 589 g/mol. The highest BCUT2D eigenvalue weighted by Gasteiger charge is 2.48. The molecule has 43 heavy (non-hydrogen) atoms. The number of benzene rings is 2. The highest BCUT2D eigenvalue weighted by Crippen LogP contribution is 2.42. The van der Waals surface area contributed by atoms with Crippen LogP contribution in [-0.2, 0) is 26.7 Å². The number of hydrogen-bond acceptors (Lipinski definition) is 10. The number of rotatable bonds is 10. The number of anilines is 3. The van der Waals surface area contributed by atoms with Crippen LogP contribution in [0.4, 0.5) is 30.5 Å². The third kappa shape index (κ3) is 7.47. The van der Waals surface area contributed by atoms with Crippen molar-refractivity contribution in [3.63, 3.8) is 0 Å². The minimum Gasteiger partial charge on any atom is -0.495 e. The number of hydrogen-bond donors (Lipinski definition) is 3. The smallest absolute Gasteiger partial charge is 0.423 e. The number of likely N-dealkylation sites (tertiary alicyclic amines) is 1. The second-order valence-electron chi connectivity index (χ2n) is 10.8. The number of aryl methyl sites for hydroxylation is 1. The first kappa shape index (κ1) is 30.8. The predicted molar refractivity (Wildman–Crippen MR) is 154 cm³/mol. The fourth-order valence-electron chi connectivity index (χ4n) is 4.86. The zero-order chi connectivity index (χ0) is 31.0. The van der Waals surface area contributed by atoms with Gasteiger partial charge in [0.05, 0.1) is 31.3 Å². The molecule has 3 N–H and O–H groups in total. The molecule has 0 amide bonds. The maximum absolute atomic E-state index is 13.9. The molecule has 2 aliphatic rings. The van der Waals surface area contributed by atoms with Crippen molar-refractivity contribution < 1.29 is 35.8 Å². The van der Waals surface area contributed by atoms with Crippen LogP contribution in [0.5, 0.6) is 17.4 Å². The van der Waals surface area contributed by atoms with Crippen molar-refractivity contribution >= 4 is 27.3 Å². The molecule has 1 aromatic heterocycles. The molecule has 1 atom stereocenters. The van der Waals surface area contributed by atoms with E-state index in [0.717, 1.165) is 37.8 Å². The van der Waals surface area contributed by atoms with Gasteiger partial charge in [0.2, 0.25) is 21.9 Å². The van der Waals surface area contributed by atoms with Crippen LogP contribution in [0.3, 0.4) is 0 Å². The fraction of sp³-hybridized carbons (Fsp3) is 0.429. The van der Waals surface area contributed by atoms with Gasteiger partial charge in [-0.25, -0.2) is 13.4 Å². The molecule has 0 bridgehead atoms. The quantitative estimate of drug-likeness (QED) is 0.276. The Morgan fingerprint density at radius 2 is 1.79 bits per heavy atom. The van der Waals surface area contributed by atoms with Crippen LogP contribution in [0, 0.1) is 6.92 Å². The first-order chi connectivity index (χ1) is 20.2. The second-order valence-corrected chi connectivity index (χ2v) is 12.5. The maximum atomic E-state index is 13.9. The zero-order valence-electron chi connectivity index (χ0n) is 24.1. The van der Waals surface area contributed by atoms with Crippen LogP contribution in [0.15, 0.2) is 42.6 Å². The number of nitrogens with zero attached hydrogens (tertiary/aromatic N) is 3. The third-order valence-electron chi connectivity index (χ3n) is 7.20. The highest BCUT2D eigenvalue weighted by atomic mass is 32.2. The van der Waals surface area contributed by atoms with E-state index in [1.165, 1.54) is 19.2 Å². The number of epoxide rings is 1. The van der Waals surface area contributed by atoms with Gasteiger partial charge in [0.25, 0.3) is 0 Å². The van der Waals surface area contributed by atoms with Crippen LogP contribution in [0.2, 0.25) is 0 Å². The lowest BCUT2D eigenvalue weighted by Gasteiger charge is -2.31. The van der Waals surface area contributed by atoms with E-state index < -0.39 is 33.4 Å². The van der Waals surface area contributed by atoms with Crippen molar-refractivity contribution in [3.05, 3.63) is 59.3 Å². The molecule has 232 valence electrons. The largest absolute Gasteiger partial charge is 0.495 e. The second kappa shape index (κ2) is 11.8. The minimum absolute atomic E-state index is 0.0447. The number of nitrogens with one attached hydrogen (secondary N) is 3. The molecule has 0 aliphatic carbocycles. The van der Waals surface area contributed by atoms with E-state index in [1.807, 2.05) is 6.07 Å². The summed E-state index contributed by atoms with van der Waals surface area (Å²) in [5.74, 6) is -0.757. The summed E-state index contributed by atoms with van der Waals surface area (Å²) in [5, 5.41) is 6.53.